The largest absolute Gasteiger partial charge is 0.361 e. The van der Waals surface area contributed by atoms with Crippen LogP contribution in [0.3, 0.4) is 0 Å². The van der Waals surface area contributed by atoms with Crippen LogP contribution in [0, 0.1) is 27.7 Å². The van der Waals surface area contributed by atoms with Crippen LogP contribution in [0.25, 0.3) is 22.0 Å². The molecular formula is C28H32N2O2S. The van der Waals surface area contributed by atoms with Crippen LogP contribution >= 0.6 is 0 Å². The fourth-order valence-corrected chi connectivity index (χ4v) is 6.54. The third-order valence-corrected chi connectivity index (χ3v) is 8.07. The van der Waals surface area contributed by atoms with Gasteiger partial charge in [0, 0.05) is 28.7 Å². The highest BCUT2D eigenvalue weighted by atomic mass is 32.2. The molecule has 0 saturated heterocycles. The van der Waals surface area contributed by atoms with Crippen molar-refractivity contribution in [3.63, 3.8) is 0 Å². The van der Waals surface area contributed by atoms with Gasteiger partial charge in [-0.2, -0.15) is 0 Å². The number of aromatic amines is 1. The topological polar surface area (TPSA) is 62.0 Å². The van der Waals surface area contributed by atoms with Gasteiger partial charge in [-0.15, -0.1) is 0 Å². The Kier molecular flexibility index (Phi) is 6.46. The summed E-state index contributed by atoms with van der Waals surface area (Å²) in [6, 6.07) is 18.5. The monoisotopic (exact) mass is 460 g/mol. The molecule has 5 heteroatoms. The lowest BCUT2D eigenvalue weighted by Crippen LogP contribution is -2.36. The first kappa shape index (κ1) is 23.3. The average molecular weight is 461 g/mol. The molecule has 4 aromatic rings. The minimum absolute atomic E-state index is 0.186. The molecule has 4 rings (SSSR count). The summed E-state index contributed by atoms with van der Waals surface area (Å²) >= 11 is 0. The van der Waals surface area contributed by atoms with Gasteiger partial charge < -0.3 is 4.98 Å². The number of H-pyrrole nitrogens is 1. The minimum Gasteiger partial charge on any atom is -0.361 e. The van der Waals surface area contributed by atoms with Crippen molar-refractivity contribution in [3.05, 3.63) is 88.6 Å². The molecule has 0 spiro atoms. The van der Waals surface area contributed by atoms with Gasteiger partial charge >= 0.3 is 0 Å². The van der Waals surface area contributed by atoms with Crippen LogP contribution in [0.4, 0.5) is 0 Å². The Hall–Kier alpha value is -2.89. The van der Waals surface area contributed by atoms with Crippen LogP contribution in [0.1, 0.15) is 41.2 Å². The Labute approximate surface area is 197 Å². The van der Waals surface area contributed by atoms with E-state index in [2.05, 4.69) is 59.1 Å². The number of rotatable bonds is 7. The summed E-state index contributed by atoms with van der Waals surface area (Å²) in [6.45, 7) is 9.83. The fraction of sp³-hybridized carbons (Fsp3) is 0.286. The molecule has 4 nitrogen and oxygen atoms in total. The second-order valence-electron chi connectivity index (χ2n) is 9.11. The van der Waals surface area contributed by atoms with Gasteiger partial charge in [0.05, 0.1) is 4.90 Å². The molecule has 0 aliphatic rings. The van der Waals surface area contributed by atoms with E-state index in [1.54, 1.807) is 0 Å². The zero-order valence-electron chi connectivity index (χ0n) is 20.0. The maximum Gasteiger partial charge on any atom is 0.241 e. The van der Waals surface area contributed by atoms with Crippen molar-refractivity contribution < 1.29 is 8.42 Å². The van der Waals surface area contributed by atoms with Crippen LogP contribution in [0.2, 0.25) is 0 Å². The Balaban J connectivity index is 1.62. The van der Waals surface area contributed by atoms with Crippen LogP contribution in [-0.2, 0) is 16.4 Å². The van der Waals surface area contributed by atoms with Gasteiger partial charge in [0.1, 0.15) is 0 Å². The second-order valence-corrected chi connectivity index (χ2v) is 10.8. The van der Waals surface area contributed by atoms with Crippen LogP contribution in [0.5, 0.6) is 0 Å². The number of aryl methyl sites for hydroxylation is 4. The molecule has 0 amide bonds. The van der Waals surface area contributed by atoms with Crippen molar-refractivity contribution in [3.8, 4) is 11.1 Å². The number of aromatic nitrogens is 1. The molecule has 0 saturated carbocycles. The lowest BCUT2D eigenvalue weighted by atomic mass is 9.99. The van der Waals surface area contributed by atoms with Gasteiger partial charge in [-0.25, -0.2) is 13.1 Å². The van der Waals surface area contributed by atoms with Crippen molar-refractivity contribution in [1.82, 2.24) is 9.71 Å². The van der Waals surface area contributed by atoms with E-state index in [0.29, 0.717) is 17.7 Å². The number of sulfonamides is 1. The van der Waals surface area contributed by atoms with Gasteiger partial charge in [-0.05, 0) is 74.9 Å². The van der Waals surface area contributed by atoms with E-state index in [-0.39, 0.29) is 6.04 Å². The molecule has 2 N–H and O–H groups in total. The van der Waals surface area contributed by atoms with E-state index in [9.17, 15) is 8.42 Å². The summed E-state index contributed by atoms with van der Waals surface area (Å²) in [5, 5.41) is 1.15. The summed E-state index contributed by atoms with van der Waals surface area (Å²) in [5.41, 5.74) is 8.39. The number of nitrogens with one attached hydrogen (secondary N) is 2. The molecule has 1 aromatic heterocycles. The molecule has 1 atom stereocenters. The predicted octanol–water partition coefficient (Wildman–Crippen LogP) is 6.37. The zero-order chi connectivity index (χ0) is 23.8. The molecule has 172 valence electrons. The Morgan fingerprint density at radius 1 is 0.909 bits per heavy atom. The predicted molar refractivity (Wildman–Crippen MR) is 137 cm³/mol. The summed E-state index contributed by atoms with van der Waals surface area (Å²) in [4.78, 5) is 3.76. The fourth-order valence-electron chi connectivity index (χ4n) is 4.77. The molecule has 33 heavy (non-hydrogen) atoms. The van der Waals surface area contributed by atoms with E-state index in [0.717, 1.165) is 38.7 Å². The summed E-state index contributed by atoms with van der Waals surface area (Å²) in [6.07, 6.45) is 3.39. The van der Waals surface area contributed by atoms with Gasteiger partial charge in [0.15, 0.2) is 0 Å². The first-order valence-corrected chi connectivity index (χ1v) is 12.9. The van der Waals surface area contributed by atoms with Crippen LogP contribution < -0.4 is 4.72 Å². The van der Waals surface area contributed by atoms with E-state index >= 15 is 0 Å². The van der Waals surface area contributed by atoms with Crippen LogP contribution in [0.15, 0.2) is 65.7 Å². The maximum absolute atomic E-state index is 13.3. The van der Waals surface area contributed by atoms with E-state index in [4.69, 9.17) is 0 Å². The molecule has 0 aliphatic carbocycles. The Morgan fingerprint density at radius 3 is 2.30 bits per heavy atom. The molecule has 1 unspecified atom stereocenters. The molecule has 0 aliphatic heterocycles. The van der Waals surface area contributed by atoms with Crippen LogP contribution in [-0.4, -0.2) is 19.4 Å². The van der Waals surface area contributed by atoms with Crippen molar-refractivity contribution in [2.75, 3.05) is 0 Å². The summed E-state index contributed by atoms with van der Waals surface area (Å²) in [5.74, 6) is 0. The van der Waals surface area contributed by atoms with Crippen molar-refractivity contribution in [2.24, 2.45) is 0 Å². The standard InChI is InChI=1S/C28H32N2O2S/c1-6-24(30-33(31,32)28-20(4)12-19(3)13-21(28)5)15-22-10-11-27-25(16-22)26(17-29-27)23-9-7-8-18(2)14-23/h7-14,16-17,24,29-30H,6,15H2,1-5H3. The van der Waals surface area contributed by atoms with Crippen molar-refractivity contribution >= 4 is 20.9 Å². The lowest BCUT2D eigenvalue weighted by molar-refractivity contribution is 0.536. The molecule has 0 radical (unpaired) electrons. The third kappa shape index (κ3) is 4.90. The third-order valence-electron chi connectivity index (χ3n) is 6.25. The first-order chi connectivity index (χ1) is 15.7. The number of benzene rings is 3. The smallest absolute Gasteiger partial charge is 0.241 e. The van der Waals surface area contributed by atoms with Gasteiger partial charge in [-0.3, -0.25) is 0 Å². The highest BCUT2D eigenvalue weighted by Gasteiger charge is 2.23. The minimum atomic E-state index is -3.61. The number of fused-ring (bicyclic) bond motifs is 1. The van der Waals surface area contributed by atoms with Crippen molar-refractivity contribution in [2.45, 2.75) is 58.4 Å². The van der Waals surface area contributed by atoms with E-state index < -0.39 is 10.0 Å². The highest BCUT2D eigenvalue weighted by molar-refractivity contribution is 7.89. The lowest BCUT2D eigenvalue weighted by Gasteiger charge is -2.20. The van der Waals surface area contributed by atoms with E-state index in [1.165, 1.54) is 11.1 Å². The second kappa shape index (κ2) is 9.16. The molecular weight excluding hydrogens is 428 g/mol. The molecule has 3 aromatic carbocycles. The first-order valence-electron chi connectivity index (χ1n) is 11.4. The van der Waals surface area contributed by atoms with Gasteiger partial charge in [0.25, 0.3) is 0 Å². The maximum atomic E-state index is 13.3. The number of hydrogen-bond acceptors (Lipinski definition) is 2. The number of hydrogen-bond donors (Lipinski definition) is 2. The SMILES string of the molecule is CCC(Cc1ccc2[nH]cc(-c3cccc(C)c3)c2c1)NS(=O)(=O)c1c(C)cc(C)cc1C. The summed E-state index contributed by atoms with van der Waals surface area (Å²) < 4.78 is 29.5. The average Bonchev–Trinajstić information content (AvgIpc) is 3.15. The molecule has 0 bridgehead atoms. The Morgan fingerprint density at radius 2 is 1.64 bits per heavy atom. The molecule has 1 heterocycles. The summed E-state index contributed by atoms with van der Waals surface area (Å²) in [7, 11) is -3.61. The normalized spacial score (nSPS) is 12.9. The van der Waals surface area contributed by atoms with E-state index in [1.807, 2.05) is 46.0 Å². The van der Waals surface area contributed by atoms with Gasteiger partial charge in [0.2, 0.25) is 10.0 Å². The zero-order valence-corrected chi connectivity index (χ0v) is 20.8. The van der Waals surface area contributed by atoms with Gasteiger partial charge in [-0.1, -0.05) is 60.5 Å². The quantitative estimate of drug-likeness (QED) is 0.337. The molecule has 0 fully saturated rings. The van der Waals surface area contributed by atoms with Crippen molar-refractivity contribution in [1.29, 1.82) is 0 Å². The Bertz CT molecular complexity index is 1390. The highest BCUT2D eigenvalue weighted by Crippen LogP contribution is 2.30.